The molecule has 0 aliphatic heterocycles. The molecule has 1 aromatic heterocycles. The largest absolute Gasteiger partial charge is 0.428 e. The van der Waals surface area contributed by atoms with E-state index >= 15 is 0 Å². The van der Waals surface area contributed by atoms with E-state index in [0.717, 1.165) is 22.0 Å². The molecule has 0 saturated heterocycles. The van der Waals surface area contributed by atoms with Gasteiger partial charge in [-0.25, -0.2) is 0 Å². The second kappa shape index (κ2) is 5.31. The van der Waals surface area contributed by atoms with E-state index in [1.54, 1.807) is 0 Å². The first-order valence-electron chi connectivity index (χ1n) is 6.91. The van der Waals surface area contributed by atoms with Crippen LogP contribution in [-0.2, 0) is 0 Å². The average Bonchev–Trinajstić information content (AvgIpc) is 2.94. The molecule has 3 aromatic rings. The summed E-state index contributed by atoms with van der Waals surface area (Å²) in [6.45, 7) is 3.77. The Morgan fingerprint density at radius 1 is 0.857 bits per heavy atom. The van der Waals surface area contributed by atoms with E-state index in [0.29, 0.717) is 5.76 Å². The van der Waals surface area contributed by atoms with Crippen molar-refractivity contribution in [3.05, 3.63) is 60.7 Å². The molecule has 4 heteroatoms. The number of nitrogens with zero attached hydrogens (tertiary/aromatic N) is 1. The summed E-state index contributed by atoms with van der Waals surface area (Å²) < 4.78 is 5.59. The lowest BCUT2D eigenvalue weighted by Crippen LogP contribution is -2.43. The van der Waals surface area contributed by atoms with Crippen molar-refractivity contribution in [1.82, 2.24) is 5.16 Å². The van der Waals surface area contributed by atoms with Crippen molar-refractivity contribution < 1.29 is 9.32 Å². The molecule has 0 fully saturated rings. The maximum Gasteiger partial charge on any atom is 0.220 e. The molecular formula is C17H17NO2Si. The highest BCUT2D eigenvalue weighted by atomic mass is 28.4. The first-order chi connectivity index (χ1) is 10.1. The number of rotatable bonds is 3. The lowest BCUT2D eigenvalue weighted by Gasteiger charge is -2.15. The summed E-state index contributed by atoms with van der Waals surface area (Å²) in [5.41, 5.74) is 2.65. The van der Waals surface area contributed by atoms with Crippen LogP contribution in [0.1, 0.15) is 0 Å². The maximum atomic E-state index is 10.7. The monoisotopic (exact) mass is 295 g/mol. The van der Waals surface area contributed by atoms with Crippen molar-refractivity contribution in [2.45, 2.75) is 13.1 Å². The van der Waals surface area contributed by atoms with E-state index in [9.17, 15) is 4.80 Å². The summed E-state index contributed by atoms with van der Waals surface area (Å²) in [6.07, 6.45) is 0. The molecule has 0 atom stereocenters. The van der Waals surface area contributed by atoms with Crippen LogP contribution < -0.4 is 5.19 Å². The number of aromatic nitrogens is 1. The van der Waals surface area contributed by atoms with Gasteiger partial charge in [0.25, 0.3) is 0 Å². The third-order valence-corrected chi connectivity index (χ3v) is 5.07. The summed E-state index contributed by atoms with van der Waals surface area (Å²) in [5, 5.41) is 5.08. The minimum Gasteiger partial charge on any atom is -0.428 e. The topological polar surface area (TPSA) is 46.3 Å². The zero-order valence-corrected chi connectivity index (χ0v) is 13.1. The molecule has 0 amide bonds. The van der Waals surface area contributed by atoms with Gasteiger partial charge < -0.3 is 9.32 Å². The van der Waals surface area contributed by atoms with Gasteiger partial charge in [0.15, 0.2) is 5.76 Å². The van der Waals surface area contributed by atoms with Crippen LogP contribution in [0.2, 0.25) is 13.1 Å². The van der Waals surface area contributed by atoms with Gasteiger partial charge in [-0.15, -0.1) is 0 Å². The summed E-state index contributed by atoms with van der Waals surface area (Å²) in [7, 11) is -2.59. The Morgan fingerprint density at radius 3 is 1.90 bits per heavy atom. The first-order valence-corrected chi connectivity index (χ1v) is 9.85. The molecule has 3 rings (SSSR count). The van der Waals surface area contributed by atoms with Gasteiger partial charge in [0.05, 0.1) is 0 Å². The molecule has 1 heterocycles. The normalized spacial score (nSPS) is 11.6. The Morgan fingerprint density at radius 2 is 1.38 bits per heavy atom. The molecule has 3 nitrogen and oxygen atoms in total. The predicted molar refractivity (Wildman–Crippen MR) is 86.7 cm³/mol. The van der Waals surface area contributed by atoms with Crippen molar-refractivity contribution in [1.29, 1.82) is 0 Å². The summed E-state index contributed by atoms with van der Waals surface area (Å²) >= 11 is 0. The fraction of sp³-hybridized carbons (Fsp3) is 0.118. The number of benzene rings is 2. The summed E-state index contributed by atoms with van der Waals surface area (Å²) in [4.78, 5) is 10.7. The average molecular weight is 295 g/mol. The van der Waals surface area contributed by atoms with E-state index in [2.05, 4.69) is 5.16 Å². The number of hydrogen-bond donors (Lipinski definition) is 1. The van der Waals surface area contributed by atoms with Crippen molar-refractivity contribution in [3.8, 4) is 22.6 Å². The number of hydrogen-bond acceptors (Lipinski definition) is 3. The van der Waals surface area contributed by atoms with E-state index in [4.69, 9.17) is 4.52 Å². The highest BCUT2D eigenvalue weighted by molar-refractivity contribution is 6.85. The van der Waals surface area contributed by atoms with Crippen LogP contribution in [-0.4, -0.2) is 18.3 Å². The molecule has 0 unspecified atom stereocenters. The molecule has 0 radical (unpaired) electrons. The fourth-order valence-electron chi connectivity index (χ4n) is 2.44. The lowest BCUT2D eigenvalue weighted by molar-refractivity contribution is 0.435. The highest BCUT2D eigenvalue weighted by Crippen LogP contribution is 2.26. The molecule has 0 saturated carbocycles. The Balaban J connectivity index is 2.23. The molecule has 0 aliphatic carbocycles. The van der Waals surface area contributed by atoms with E-state index in [1.165, 1.54) is 0 Å². The lowest BCUT2D eigenvalue weighted by atomic mass is 10.1. The third kappa shape index (κ3) is 2.68. The standard InChI is InChI=1S/C17H17NO2Si/c1-21(2,19)17-15(13-9-5-3-6-10-13)18-20-16(17)14-11-7-4-8-12-14/h3-12,19H,1-2H3. The zero-order chi connectivity index (χ0) is 14.9. The van der Waals surface area contributed by atoms with E-state index in [-0.39, 0.29) is 0 Å². The molecule has 0 bridgehead atoms. The fourth-order valence-corrected chi connectivity index (χ4v) is 3.95. The molecule has 106 valence electrons. The second-order valence-corrected chi connectivity index (χ2v) is 9.14. The molecule has 2 aromatic carbocycles. The summed E-state index contributed by atoms with van der Waals surface area (Å²) in [6, 6.07) is 19.7. The third-order valence-electron chi connectivity index (χ3n) is 3.39. The van der Waals surface area contributed by atoms with Crippen LogP contribution in [0.25, 0.3) is 22.6 Å². The quantitative estimate of drug-likeness (QED) is 0.753. The van der Waals surface area contributed by atoms with Crippen LogP contribution in [0.4, 0.5) is 0 Å². The van der Waals surface area contributed by atoms with Crippen LogP contribution in [0.5, 0.6) is 0 Å². The minimum atomic E-state index is -2.59. The second-order valence-electron chi connectivity index (χ2n) is 5.53. The van der Waals surface area contributed by atoms with Crippen LogP contribution in [0, 0.1) is 0 Å². The van der Waals surface area contributed by atoms with Gasteiger partial charge in [0.2, 0.25) is 8.32 Å². The van der Waals surface area contributed by atoms with Crippen molar-refractivity contribution >= 4 is 13.5 Å². The van der Waals surface area contributed by atoms with Gasteiger partial charge in [0, 0.05) is 16.3 Å². The Bertz CT molecular complexity index is 673. The zero-order valence-electron chi connectivity index (χ0n) is 12.1. The molecule has 0 aliphatic rings. The Kier molecular flexibility index (Phi) is 3.49. The summed E-state index contributed by atoms with van der Waals surface area (Å²) in [5.74, 6) is 0.675. The Labute approximate surface area is 125 Å². The predicted octanol–water partition coefficient (Wildman–Crippen LogP) is 3.41. The van der Waals surface area contributed by atoms with E-state index < -0.39 is 8.32 Å². The van der Waals surface area contributed by atoms with Gasteiger partial charge >= 0.3 is 0 Å². The molecule has 0 spiro atoms. The van der Waals surface area contributed by atoms with Crippen molar-refractivity contribution in [3.63, 3.8) is 0 Å². The maximum absolute atomic E-state index is 10.7. The molecule has 1 N–H and O–H groups in total. The van der Waals surface area contributed by atoms with Crippen molar-refractivity contribution in [2.75, 3.05) is 0 Å². The van der Waals surface area contributed by atoms with Gasteiger partial charge in [-0.05, 0) is 13.1 Å². The van der Waals surface area contributed by atoms with Crippen LogP contribution in [0.3, 0.4) is 0 Å². The molecular weight excluding hydrogens is 278 g/mol. The minimum absolute atomic E-state index is 0.675. The smallest absolute Gasteiger partial charge is 0.220 e. The van der Waals surface area contributed by atoms with Gasteiger partial charge in [-0.3, -0.25) is 0 Å². The first kappa shape index (κ1) is 13.8. The van der Waals surface area contributed by atoms with E-state index in [1.807, 2.05) is 73.8 Å². The SMILES string of the molecule is C[Si](C)(O)c1c(-c2ccccc2)noc1-c1ccccc1. The van der Waals surface area contributed by atoms with Crippen molar-refractivity contribution in [2.24, 2.45) is 0 Å². The Hall–Kier alpha value is -2.17. The highest BCUT2D eigenvalue weighted by Gasteiger charge is 2.32. The van der Waals surface area contributed by atoms with Gasteiger partial charge in [-0.2, -0.15) is 0 Å². The van der Waals surface area contributed by atoms with Crippen LogP contribution in [0.15, 0.2) is 65.2 Å². The van der Waals surface area contributed by atoms with Gasteiger partial charge in [0.1, 0.15) is 5.69 Å². The van der Waals surface area contributed by atoms with Gasteiger partial charge in [-0.1, -0.05) is 65.8 Å². The molecule has 21 heavy (non-hydrogen) atoms. The van der Waals surface area contributed by atoms with Crippen LogP contribution >= 0.6 is 0 Å².